The van der Waals surface area contributed by atoms with Gasteiger partial charge in [-0.05, 0) is 12.1 Å². The quantitative estimate of drug-likeness (QED) is 0.575. The fraction of sp³-hybridized carbons (Fsp3) is 0. The van der Waals surface area contributed by atoms with Gasteiger partial charge in [0.25, 0.3) is 0 Å². The minimum absolute atomic E-state index is 0.0323. The largest absolute Gasteiger partial charge is 0.456 e. The molecule has 0 radical (unpaired) electrons. The summed E-state index contributed by atoms with van der Waals surface area (Å²) >= 11 is 0. The van der Waals surface area contributed by atoms with Crippen molar-refractivity contribution in [2.75, 3.05) is 0 Å². The average molecular weight is 222 g/mol. The highest BCUT2D eigenvalue weighted by Gasteiger charge is 2.21. The predicted octanol–water partition coefficient (Wildman–Crippen LogP) is 3.30. The molecule has 0 atom stereocenters. The highest BCUT2D eigenvalue weighted by molar-refractivity contribution is 6.09. The summed E-state index contributed by atoms with van der Waals surface area (Å²) in [6.45, 7) is 0. The van der Waals surface area contributed by atoms with Gasteiger partial charge >= 0.3 is 0 Å². The van der Waals surface area contributed by atoms with Crippen molar-refractivity contribution in [3.05, 3.63) is 71.8 Å². The summed E-state index contributed by atoms with van der Waals surface area (Å²) in [5.41, 5.74) is 1.67. The molecule has 0 amide bonds. The fourth-order valence-electron chi connectivity index (χ4n) is 1.80. The van der Waals surface area contributed by atoms with Gasteiger partial charge in [0.2, 0.25) is 0 Å². The summed E-state index contributed by atoms with van der Waals surface area (Å²) in [5, 5.41) is 0. The molecule has 0 N–H and O–H groups in total. The minimum Gasteiger partial charge on any atom is -0.456 e. The zero-order valence-corrected chi connectivity index (χ0v) is 9.09. The number of benzene rings is 2. The number of hydrogen-bond acceptors (Lipinski definition) is 2. The maximum atomic E-state index is 11.9. The summed E-state index contributed by atoms with van der Waals surface area (Å²) in [4.78, 5) is 11.9. The van der Waals surface area contributed by atoms with E-state index < -0.39 is 0 Å². The van der Waals surface area contributed by atoms with E-state index in [1.54, 1.807) is 12.1 Å². The van der Waals surface area contributed by atoms with E-state index in [4.69, 9.17) is 4.74 Å². The number of rotatable bonds is 2. The van der Waals surface area contributed by atoms with Gasteiger partial charge < -0.3 is 4.74 Å². The van der Waals surface area contributed by atoms with Crippen LogP contribution in [0.5, 0.6) is 5.75 Å². The lowest BCUT2D eigenvalue weighted by Gasteiger charge is -2.22. The number of hydrogen-bond donors (Lipinski definition) is 0. The number of carbonyl (C=O) groups excluding carboxylic acids is 1. The molecule has 0 saturated heterocycles. The van der Waals surface area contributed by atoms with Crippen LogP contribution in [-0.2, 0) is 0 Å². The van der Waals surface area contributed by atoms with Gasteiger partial charge in [-0.25, -0.2) is 0 Å². The van der Waals surface area contributed by atoms with E-state index in [9.17, 15) is 4.79 Å². The van der Waals surface area contributed by atoms with Crippen LogP contribution in [0.1, 0.15) is 15.9 Å². The second-order valence-corrected chi connectivity index (χ2v) is 3.84. The smallest absolute Gasteiger partial charge is 0.189 e. The molecule has 0 unspecified atom stereocenters. The van der Waals surface area contributed by atoms with Gasteiger partial charge in [0, 0.05) is 11.6 Å². The Hall–Kier alpha value is -2.35. The molecule has 0 aromatic heterocycles. The third-order valence-electron chi connectivity index (χ3n) is 2.69. The first-order chi connectivity index (χ1) is 8.34. The molecule has 2 aromatic carbocycles. The van der Waals surface area contributed by atoms with Crippen molar-refractivity contribution in [3.63, 3.8) is 0 Å². The summed E-state index contributed by atoms with van der Waals surface area (Å²) in [6.07, 6.45) is 1.54. The van der Waals surface area contributed by atoms with Crippen LogP contribution in [0.4, 0.5) is 0 Å². The van der Waals surface area contributed by atoms with Gasteiger partial charge in [0.1, 0.15) is 11.5 Å². The topological polar surface area (TPSA) is 26.3 Å². The minimum atomic E-state index is -0.0323. The predicted molar refractivity (Wildman–Crippen MR) is 65.8 cm³/mol. The van der Waals surface area contributed by atoms with E-state index in [0.29, 0.717) is 11.3 Å². The standard InChI is InChI=1S/C15H10O2/c16-13(11-6-2-1-3-7-11)10-15-12-8-4-5-9-14(12)17-15/h1-10H. The molecule has 0 spiro atoms. The second-order valence-electron chi connectivity index (χ2n) is 3.84. The number of ketones is 1. The number of allylic oxidation sites excluding steroid dienone is 1. The molecule has 1 aliphatic rings. The summed E-state index contributed by atoms with van der Waals surface area (Å²) in [5.74, 6) is 1.45. The molecule has 1 aliphatic heterocycles. The van der Waals surface area contributed by atoms with Crippen LogP contribution in [0.3, 0.4) is 0 Å². The summed E-state index contributed by atoms with van der Waals surface area (Å²) in [6, 6.07) is 16.9. The second kappa shape index (κ2) is 3.91. The summed E-state index contributed by atoms with van der Waals surface area (Å²) < 4.78 is 5.42. The number of para-hydroxylation sites is 1. The van der Waals surface area contributed by atoms with E-state index in [1.807, 2.05) is 42.5 Å². The van der Waals surface area contributed by atoms with Gasteiger partial charge in [-0.1, -0.05) is 42.5 Å². The van der Waals surface area contributed by atoms with E-state index in [2.05, 4.69) is 0 Å². The van der Waals surface area contributed by atoms with Crippen molar-refractivity contribution in [2.24, 2.45) is 0 Å². The van der Waals surface area contributed by atoms with Gasteiger partial charge in [0.05, 0.1) is 5.56 Å². The van der Waals surface area contributed by atoms with Crippen LogP contribution < -0.4 is 4.74 Å². The Labute approximate surface area is 99.2 Å². The van der Waals surface area contributed by atoms with Crippen LogP contribution in [0, 0.1) is 0 Å². The van der Waals surface area contributed by atoms with E-state index in [0.717, 1.165) is 11.3 Å². The van der Waals surface area contributed by atoms with E-state index in [1.165, 1.54) is 6.08 Å². The Morgan fingerprint density at radius 2 is 1.65 bits per heavy atom. The molecular weight excluding hydrogens is 212 g/mol. The lowest BCUT2D eigenvalue weighted by atomic mass is 10.0. The van der Waals surface area contributed by atoms with Crippen LogP contribution in [0.15, 0.2) is 60.7 Å². The van der Waals surface area contributed by atoms with Gasteiger partial charge in [-0.15, -0.1) is 0 Å². The third-order valence-corrected chi connectivity index (χ3v) is 2.69. The van der Waals surface area contributed by atoms with Crippen molar-refractivity contribution in [2.45, 2.75) is 0 Å². The fourth-order valence-corrected chi connectivity index (χ4v) is 1.80. The maximum absolute atomic E-state index is 11.9. The first-order valence-electron chi connectivity index (χ1n) is 5.43. The number of ether oxygens (including phenoxy) is 1. The van der Waals surface area contributed by atoms with Crippen molar-refractivity contribution in [1.82, 2.24) is 0 Å². The maximum Gasteiger partial charge on any atom is 0.189 e. The van der Waals surface area contributed by atoms with Gasteiger partial charge in [0.15, 0.2) is 5.78 Å². The highest BCUT2D eigenvalue weighted by atomic mass is 16.5. The van der Waals surface area contributed by atoms with Crippen LogP contribution in [0.25, 0.3) is 5.76 Å². The van der Waals surface area contributed by atoms with Gasteiger partial charge in [-0.3, -0.25) is 4.79 Å². The first-order valence-corrected chi connectivity index (χ1v) is 5.43. The monoisotopic (exact) mass is 222 g/mol. The number of carbonyl (C=O) groups is 1. The van der Waals surface area contributed by atoms with Crippen molar-refractivity contribution in [3.8, 4) is 5.75 Å². The average Bonchev–Trinajstić information content (AvgIpc) is 2.37. The SMILES string of the molecule is O=C(C=C1Oc2ccccc21)c1ccccc1. The molecule has 2 heteroatoms. The zero-order chi connectivity index (χ0) is 11.7. The highest BCUT2D eigenvalue weighted by Crippen LogP contribution is 2.37. The molecule has 3 rings (SSSR count). The van der Waals surface area contributed by atoms with Crippen molar-refractivity contribution in [1.29, 1.82) is 0 Å². The molecule has 2 nitrogen and oxygen atoms in total. The Morgan fingerprint density at radius 3 is 2.41 bits per heavy atom. The molecule has 2 aromatic rings. The van der Waals surface area contributed by atoms with E-state index in [-0.39, 0.29) is 5.78 Å². The molecule has 0 fully saturated rings. The number of fused-ring (bicyclic) bond motifs is 1. The lowest BCUT2D eigenvalue weighted by molar-refractivity contribution is 0.104. The first kappa shape index (κ1) is 9.85. The van der Waals surface area contributed by atoms with Crippen LogP contribution in [-0.4, -0.2) is 5.78 Å². The molecular formula is C15H10O2. The Kier molecular flexibility index (Phi) is 2.26. The Bertz CT molecular complexity index is 597. The van der Waals surface area contributed by atoms with Gasteiger partial charge in [-0.2, -0.15) is 0 Å². The van der Waals surface area contributed by atoms with Crippen molar-refractivity contribution < 1.29 is 9.53 Å². The lowest BCUT2D eigenvalue weighted by Crippen LogP contribution is -2.10. The molecule has 17 heavy (non-hydrogen) atoms. The van der Waals surface area contributed by atoms with Crippen LogP contribution in [0.2, 0.25) is 0 Å². The molecule has 82 valence electrons. The molecule has 0 bridgehead atoms. The molecule has 0 saturated carbocycles. The van der Waals surface area contributed by atoms with Crippen molar-refractivity contribution >= 4 is 11.5 Å². The summed E-state index contributed by atoms with van der Waals surface area (Å²) in [7, 11) is 0. The Morgan fingerprint density at radius 1 is 0.941 bits per heavy atom. The third kappa shape index (κ3) is 1.74. The Balaban J connectivity index is 1.89. The zero-order valence-electron chi connectivity index (χ0n) is 9.09. The van der Waals surface area contributed by atoms with Crippen LogP contribution >= 0.6 is 0 Å². The molecule has 0 aliphatic carbocycles. The molecule has 1 heterocycles. The van der Waals surface area contributed by atoms with E-state index >= 15 is 0 Å². The normalized spacial score (nSPS) is 14.7.